The van der Waals surface area contributed by atoms with Gasteiger partial charge in [-0.15, -0.1) is 0 Å². The van der Waals surface area contributed by atoms with E-state index in [9.17, 15) is 4.79 Å². The maximum Gasteiger partial charge on any atom is 0.272 e. The van der Waals surface area contributed by atoms with Crippen LogP contribution in [0.1, 0.15) is 42.7 Å². The molecule has 0 fully saturated rings. The second kappa shape index (κ2) is 9.28. The highest BCUT2D eigenvalue weighted by atomic mass is 35.5. The third-order valence-electron chi connectivity index (χ3n) is 3.66. The minimum Gasteiger partial charge on any atom is -0.381 e. The highest BCUT2D eigenvalue weighted by Crippen LogP contribution is 2.14. The minimum absolute atomic E-state index is 0.00570. The number of carbonyl (C=O) groups excluding carboxylic acids is 1. The highest BCUT2D eigenvalue weighted by Gasteiger charge is 2.15. The average molecular weight is 346 g/mol. The van der Waals surface area contributed by atoms with Crippen LogP contribution in [0.4, 0.5) is 5.69 Å². The zero-order valence-electron chi connectivity index (χ0n) is 14.3. The molecule has 0 atom stereocenters. The molecule has 4 nitrogen and oxygen atoms in total. The van der Waals surface area contributed by atoms with Gasteiger partial charge in [0.2, 0.25) is 0 Å². The first-order valence-electron chi connectivity index (χ1n) is 8.37. The first-order valence-corrected chi connectivity index (χ1v) is 8.75. The van der Waals surface area contributed by atoms with E-state index >= 15 is 0 Å². The van der Waals surface area contributed by atoms with Crippen molar-refractivity contribution in [3.05, 3.63) is 58.9 Å². The van der Waals surface area contributed by atoms with Crippen molar-refractivity contribution in [3.63, 3.8) is 0 Å². The van der Waals surface area contributed by atoms with Crippen molar-refractivity contribution in [1.82, 2.24) is 9.88 Å². The summed E-state index contributed by atoms with van der Waals surface area (Å²) in [6.45, 7) is 6.34. The topological polar surface area (TPSA) is 45.2 Å². The Labute approximate surface area is 148 Å². The van der Waals surface area contributed by atoms with Crippen molar-refractivity contribution in [1.29, 1.82) is 0 Å². The molecular formula is C19H24ClN3O. The van der Waals surface area contributed by atoms with E-state index in [0.717, 1.165) is 42.2 Å². The molecule has 5 heteroatoms. The number of nitrogens with zero attached hydrogens (tertiary/aromatic N) is 2. The standard InChI is InChI=1S/C19H24ClN3O/c1-3-11-23(12-4-2)19(24)18-13-17(9-10-21-18)22-14-15-5-7-16(20)8-6-15/h5-10,13H,3-4,11-12,14H2,1-2H3,(H,21,22). The summed E-state index contributed by atoms with van der Waals surface area (Å²) >= 11 is 5.89. The number of hydrogen-bond donors (Lipinski definition) is 1. The van der Waals surface area contributed by atoms with Gasteiger partial charge in [-0.2, -0.15) is 0 Å². The third kappa shape index (κ3) is 5.24. The van der Waals surface area contributed by atoms with E-state index in [1.165, 1.54) is 0 Å². The summed E-state index contributed by atoms with van der Waals surface area (Å²) in [4.78, 5) is 18.7. The van der Waals surface area contributed by atoms with E-state index in [1.54, 1.807) is 6.20 Å². The Morgan fingerprint density at radius 3 is 2.42 bits per heavy atom. The Bertz CT molecular complexity index is 652. The number of amides is 1. The Kier molecular flexibility index (Phi) is 7.07. The number of nitrogens with one attached hydrogen (secondary N) is 1. The second-order valence-electron chi connectivity index (χ2n) is 5.70. The molecule has 0 bridgehead atoms. The normalized spacial score (nSPS) is 10.5. The number of pyridine rings is 1. The predicted octanol–water partition coefficient (Wildman–Crippen LogP) is 4.61. The van der Waals surface area contributed by atoms with Crippen molar-refractivity contribution in [2.24, 2.45) is 0 Å². The Balaban J connectivity index is 2.04. The number of aromatic nitrogens is 1. The molecule has 1 amide bonds. The molecule has 2 aromatic rings. The largest absolute Gasteiger partial charge is 0.381 e. The van der Waals surface area contributed by atoms with Crippen molar-refractivity contribution in [2.75, 3.05) is 18.4 Å². The van der Waals surface area contributed by atoms with E-state index in [1.807, 2.05) is 41.3 Å². The molecule has 1 aromatic carbocycles. The van der Waals surface area contributed by atoms with Gasteiger partial charge in [-0.1, -0.05) is 37.6 Å². The number of hydrogen-bond acceptors (Lipinski definition) is 3. The van der Waals surface area contributed by atoms with Gasteiger partial charge >= 0.3 is 0 Å². The number of halogens is 1. The van der Waals surface area contributed by atoms with Gasteiger partial charge in [-0.3, -0.25) is 9.78 Å². The SMILES string of the molecule is CCCN(CCC)C(=O)c1cc(NCc2ccc(Cl)cc2)ccn1. The summed E-state index contributed by atoms with van der Waals surface area (Å²) in [5, 5.41) is 4.05. The van der Waals surface area contributed by atoms with Gasteiger partial charge in [0.05, 0.1) is 0 Å². The molecule has 1 aromatic heterocycles. The maximum atomic E-state index is 12.6. The van der Waals surface area contributed by atoms with Crippen molar-refractivity contribution < 1.29 is 4.79 Å². The maximum absolute atomic E-state index is 12.6. The van der Waals surface area contributed by atoms with E-state index < -0.39 is 0 Å². The van der Waals surface area contributed by atoms with Gasteiger partial charge < -0.3 is 10.2 Å². The number of benzene rings is 1. The quantitative estimate of drug-likeness (QED) is 0.759. The van der Waals surface area contributed by atoms with Gasteiger partial charge in [-0.25, -0.2) is 0 Å². The summed E-state index contributed by atoms with van der Waals surface area (Å²) in [5.74, 6) is -0.00570. The van der Waals surface area contributed by atoms with E-state index in [4.69, 9.17) is 11.6 Å². The lowest BCUT2D eigenvalue weighted by molar-refractivity contribution is 0.0749. The molecular weight excluding hydrogens is 322 g/mol. The predicted molar refractivity (Wildman–Crippen MR) is 99.5 cm³/mol. The number of anilines is 1. The number of rotatable bonds is 8. The molecule has 0 aliphatic rings. The lowest BCUT2D eigenvalue weighted by Gasteiger charge is -2.21. The summed E-state index contributed by atoms with van der Waals surface area (Å²) in [6, 6.07) is 11.4. The van der Waals surface area contributed by atoms with E-state index in [0.29, 0.717) is 12.2 Å². The molecule has 1 N–H and O–H groups in total. The van der Waals surface area contributed by atoms with Crippen LogP contribution in [0.25, 0.3) is 0 Å². The summed E-state index contributed by atoms with van der Waals surface area (Å²) < 4.78 is 0. The molecule has 0 spiro atoms. The van der Waals surface area contributed by atoms with Crippen molar-refractivity contribution in [3.8, 4) is 0 Å². The first-order chi connectivity index (χ1) is 11.6. The molecule has 0 aliphatic heterocycles. The molecule has 0 unspecified atom stereocenters. The minimum atomic E-state index is -0.00570. The zero-order chi connectivity index (χ0) is 17.4. The molecule has 0 radical (unpaired) electrons. The van der Waals surface area contributed by atoms with Crippen LogP contribution in [-0.4, -0.2) is 28.9 Å². The van der Waals surface area contributed by atoms with Gasteiger partial charge in [0.1, 0.15) is 5.69 Å². The molecule has 128 valence electrons. The van der Waals surface area contributed by atoms with Crippen LogP contribution >= 0.6 is 11.6 Å². The van der Waals surface area contributed by atoms with Crippen molar-refractivity contribution in [2.45, 2.75) is 33.2 Å². The smallest absolute Gasteiger partial charge is 0.272 e. The van der Waals surface area contributed by atoms with Gasteiger partial charge in [0.15, 0.2) is 0 Å². The Morgan fingerprint density at radius 1 is 1.12 bits per heavy atom. The molecule has 24 heavy (non-hydrogen) atoms. The average Bonchev–Trinajstić information content (AvgIpc) is 2.61. The van der Waals surface area contributed by atoms with Crippen LogP contribution in [-0.2, 0) is 6.54 Å². The van der Waals surface area contributed by atoms with E-state index in [-0.39, 0.29) is 5.91 Å². The Morgan fingerprint density at radius 2 is 1.79 bits per heavy atom. The van der Waals surface area contributed by atoms with Gasteiger partial charge in [0, 0.05) is 36.5 Å². The first kappa shape index (κ1) is 18.3. The monoisotopic (exact) mass is 345 g/mol. The third-order valence-corrected chi connectivity index (χ3v) is 3.92. The van der Waals surface area contributed by atoms with Crippen LogP contribution in [0.3, 0.4) is 0 Å². The lowest BCUT2D eigenvalue weighted by atomic mass is 10.2. The summed E-state index contributed by atoms with van der Waals surface area (Å²) in [6.07, 6.45) is 3.56. The Hall–Kier alpha value is -2.07. The molecule has 2 rings (SSSR count). The summed E-state index contributed by atoms with van der Waals surface area (Å²) in [7, 11) is 0. The van der Waals surface area contributed by atoms with Gasteiger partial charge in [-0.05, 0) is 42.7 Å². The summed E-state index contributed by atoms with van der Waals surface area (Å²) in [5.41, 5.74) is 2.50. The van der Waals surface area contributed by atoms with Crippen LogP contribution < -0.4 is 5.32 Å². The fourth-order valence-electron chi connectivity index (χ4n) is 2.48. The van der Waals surface area contributed by atoms with Crippen LogP contribution in [0, 0.1) is 0 Å². The molecule has 1 heterocycles. The van der Waals surface area contributed by atoms with Crippen LogP contribution in [0.15, 0.2) is 42.6 Å². The lowest BCUT2D eigenvalue weighted by Crippen LogP contribution is -2.33. The number of carbonyl (C=O) groups is 1. The molecule has 0 aliphatic carbocycles. The van der Waals surface area contributed by atoms with Crippen molar-refractivity contribution >= 4 is 23.2 Å². The van der Waals surface area contributed by atoms with Crippen LogP contribution in [0.2, 0.25) is 5.02 Å². The fourth-order valence-corrected chi connectivity index (χ4v) is 2.61. The molecule has 0 saturated heterocycles. The van der Waals surface area contributed by atoms with Crippen LogP contribution in [0.5, 0.6) is 0 Å². The zero-order valence-corrected chi connectivity index (χ0v) is 15.0. The molecule has 0 saturated carbocycles. The van der Waals surface area contributed by atoms with E-state index in [2.05, 4.69) is 24.1 Å². The van der Waals surface area contributed by atoms with Gasteiger partial charge in [0.25, 0.3) is 5.91 Å². The fraction of sp³-hybridized carbons (Fsp3) is 0.368. The highest BCUT2D eigenvalue weighted by molar-refractivity contribution is 6.30. The second-order valence-corrected chi connectivity index (χ2v) is 6.14.